The molecule has 2 aromatic heterocycles. The number of carboxylic acids is 1. The lowest BCUT2D eigenvalue weighted by Gasteiger charge is -2.17. The fourth-order valence-corrected chi connectivity index (χ4v) is 4.50. The largest absolute Gasteiger partial charge is 0.476 e. The normalized spacial score (nSPS) is 10.5. The second kappa shape index (κ2) is 10.9. The van der Waals surface area contributed by atoms with Crippen molar-refractivity contribution in [3.63, 3.8) is 0 Å². The number of halogens is 2. The van der Waals surface area contributed by atoms with Crippen molar-refractivity contribution in [1.82, 2.24) is 9.97 Å². The summed E-state index contributed by atoms with van der Waals surface area (Å²) in [6, 6.07) is 14.4. The first-order valence-corrected chi connectivity index (χ1v) is 10.8. The van der Waals surface area contributed by atoms with Crippen molar-refractivity contribution in [3.05, 3.63) is 70.4 Å². The molecule has 2 aromatic carbocycles. The number of benzene rings is 2. The van der Waals surface area contributed by atoms with E-state index in [2.05, 4.69) is 49.2 Å². The number of pyridine rings is 1. The van der Waals surface area contributed by atoms with Crippen molar-refractivity contribution in [1.29, 1.82) is 0 Å². The molecule has 0 saturated heterocycles. The standard InChI is InChI=1S/C24H23N3O2S.2ClH/c1-3-4-19-18(12-25)22(15-7-5-14(2)6-8-15)17-11-16(9-10-20(17)26-19)23-27-21(13-30-23)24(28)29;;/h5-11,13H,3-4,12,25H2,1-2H3,(H,28,29);2*1H. The van der Waals surface area contributed by atoms with E-state index in [1.54, 1.807) is 5.38 Å². The molecule has 0 atom stereocenters. The van der Waals surface area contributed by atoms with E-state index >= 15 is 0 Å². The van der Waals surface area contributed by atoms with Crippen LogP contribution in [0.2, 0.25) is 0 Å². The number of carboxylic acid groups (broad SMARTS) is 1. The Morgan fingerprint density at radius 1 is 1.06 bits per heavy atom. The van der Waals surface area contributed by atoms with E-state index in [-0.39, 0.29) is 30.5 Å². The second-order valence-electron chi connectivity index (χ2n) is 7.31. The first kappa shape index (κ1) is 25.7. The van der Waals surface area contributed by atoms with Gasteiger partial charge in [-0.05, 0) is 48.2 Å². The first-order chi connectivity index (χ1) is 14.5. The fourth-order valence-electron chi connectivity index (χ4n) is 3.70. The van der Waals surface area contributed by atoms with Gasteiger partial charge in [-0.3, -0.25) is 4.98 Å². The van der Waals surface area contributed by atoms with Gasteiger partial charge >= 0.3 is 5.97 Å². The number of rotatable bonds is 6. The van der Waals surface area contributed by atoms with Gasteiger partial charge in [0.15, 0.2) is 5.69 Å². The van der Waals surface area contributed by atoms with E-state index in [9.17, 15) is 9.90 Å². The number of fused-ring (bicyclic) bond motifs is 1. The van der Waals surface area contributed by atoms with Crippen LogP contribution in [0.15, 0.2) is 47.8 Å². The first-order valence-electron chi connectivity index (χ1n) is 9.93. The van der Waals surface area contributed by atoms with Crippen LogP contribution < -0.4 is 5.73 Å². The highest BCUT2D eigenvalue weighted by Gasteiger charge is 2.17. The summed E-state index contributed by atoms with van der Waals surface area (Å²) in [6.07, 6.45) is 1.87. The van der Waals surface area contributed by atoms with Gasteiger partial charge in [-0.2, -0.15) is 0 Å². The van der Waals surface area contributed by atoms with Crippen LogP contribution in [-0.4, -0.2) is 21.0 Å². The van der Waals surface area contributed by atoms with Crippen LogP contribution in [0.1, 0.15) is 40.7 Å². The summed E-state index contributed by atoms with van der Waals surface area (Å²) in [4.78, 5) is 20.4. The number of aromatic nitrogens is 2. The Balaban J connectivity index is 0.00000181. The lowest BCUT2D eigenvalue weighted by Crippen LogP contribution is -2.07. The van der Waals surface area contributed by atoms with Crippen molar-refractivity contribution >= 4 is 53.0 Å². The van der Waals surface area contributed by atoms with Crippen LogP contribution in [0.25, 0.3) is 32.6 Å². The van der Waals surface area contributed by atoms with Crippen molar-refractivity contribution in [2.75, 3.05) is 0 Å². The molecule has 8 heteroatoms. The van der Waals surface area contributed by atoms with Crippen molar-refractivity contribution in [3.8, 4) is 21.7 Å². The van der Waals surface area contributed by atoms with E-state index in [0.29, 0.717) is 11.6 Å². The third-order valence-electron chi connectivity index (χ3n) is 5.17. The molecule has 4 rings (SSSR count). The molecule has 0 fully saturated rings. The summed E-state index contributed by atoms with van der Waals surface area (Å²) in [5.74, 6) is -1.02. The van der Waals surface area contributed by atoms with Crippen LogP contribution in [0.5, 0.6) is 0 Å². The summed E-state index contributed by atoms with van der Waals surface area (Å²) in [5, 5.41) is 12.4. The van der Waals surface area contributed by atoms with Crippen LogP contribution >= 0.6 is 36.2 Å². The molecule has 0 aliphatic carbocycles. The fraction of sp³-hybridized carbons (Fsp3) is 0.208. The Hall–Kier alpha value is -2.51. The van der Waals surface area contributed by atoms with E-state index < -0.39 is 5.97 Å². The van der Waals surface area contributed by atoms with Crippen LogP contribution in [0, 0.1) is 6.92 Å². The zero-order chi connectivity index (χ0) is 21.3. The topological polar surface area (TPSA) is 89.1 Å². The van der Waals surface area contributed by atoms with Crippen molar-refractivity contribution in [2.24, 2.45) is 5.73 Å². The van der Waals surface area contributed by atoms with Gasteiger partial charge in [0.25, 0.3) is 0 Å². The summed E-state index contributed by atoms with van der Waals surface area (Å²) in [5.41, 5.74) is 13.6. The maximum absolute atomic E-state index is 11.2. The zero-order valence-electron chi connectivity index (χ0n) is 17.8. The molecule has 2 heterocycles. The Labute approximate surface area is 203 Å². The van der Waals surface area contributed by atoms with Gasteiger partial charge in [0.1, 0.15) is 5.01 Å². The number of aryl methyl sites for hydroxylation is 2. The van der Waals surface area contributed by atoms with E-state index in [4.69, 9.17) is 10.7 Å². The molecule has 0 spiro atoms. The molecule has 4 aromatic rings. The van der Waals surface area contributed by atoms with E-state index in [0.717, 1.165) is 51.7 Å². The number of hydrogen-bond acceptors (Lipinski definition) is 5. The van der Waals surface area contributed by atoms with E-state index in [1.807, 2.05) is 12.1 Å². The maximum atomic E-state index is 11.2. The molecule has 0 saturated carbocycles. The van der Waals surface area contributed by atoms with E-state index in [1.165, 1.54) is 16.9 Å². The van der Waals surface area contributed by atoms with Gasteiger partial charge in [-0.1, -0.05) is 43.2 Å². The average molecular weight is 490 g/mol. The SMILES string of the molecule is CCCc1nc2ccc(-c3nc(C(=O)O)cs3)cc2c(-c2ccc(C)cc2)c1CN.Cl.Cl. The van der Waals surface area contributed by atoms with Crippen LogP contribution in [0.3, 0.4) is 0 Å². The number of nitrogens with two attached hydrogens (primary N) is 1. The number of nitrogens with zero attached hydrogens (tertiary/aromatic N) is 2. The number of carbonyl (C=O) groups is 1. The average Bonchev–Trinajstić information content (AvgIpc) is 3.24. The van der Waals surface area contributed by atoms with Crippen molar-refractivity contribution in [2.45, 2.75) is 33.2 Å². The molecule has 0 amide bonds. The minimum Gasteiger partial charge on any atom is -0.476 e. The maximum Gasteiger partial charge on any atom is 0.355 e. The predicted molar refractivity (Wildman–Crippen MR) is 136 cm³/mol. The number of hydrogen-bond donors (Lipinski definition) is 2. The predicted octanol–water partition coefficient (Wildman–Crippen LogP) is 6.29. The lowest BCUT2D eigenvalue weighted by molar-refractivity contribution is 0.0691. The molecule has 168 valence electrons. The molecular weight excluding hydrogens is 465 g/mol. The van der Waals surface area contributed by atoms with Gasteiger partial charge in [0.05, 0.1) is 5.52 Å². The molecule has 0 radical (unpaired) electrons. The van der Waals surface area contributed by atoms with Gasteiger partial charge in [0.2, 0.25) is 0 Å². The van der Waals surface area contributed by atoms with Gasteiger partial charge < -0.3 is 10.8 Å². The minimum absolute atomic E-state index is 0. The van der Waals surface area contributed by atoms with Crippen LogP contribution in [-0.2, 0) is 13.0 Å². The van der Waals surface area contributed by atoms with Gasteiger partial charge in [0, 0.05) is 28.6 Å². The highest BCUT2D eigenvalue weighted by atomic mass is 35.5. The molecule has 0 aliphatic heterocycles. The quantitative estimate of drug-likeness (QED) is 0.332. The van der Waals surface area contributed by atoms with Crippen LogP contribution in [0.4, 0.5) is 0 Å². The minimum atomic E-state index is -1.02. The molecule has 3 N–H and O–H groups in total. The highest BCUT2D eigenvalue weighted by Crippen LogP contribution is 2.36. The Bertz CT molecular complexity index is 1240. The Morgan fingerprint density at radius 2 is 1.75 bits per heavy atom. The zero-order valence-corrected chi connectivity index (χ0v) is 20.2. The molecule has 0 aliphatic rings. The Kier molecular flexibility index (Phi) is 8.75. The molecule has 0 unspecified atom stereocenters. The number of aromatic carboxylic acids is 1. The Morgan fingerprint density at radius 3 is 2.34 bits per heavy atom. The summed E-state index contributed by atoms with van der Waals surface area (Å²) in [6.45, 7) is 4.62. The van der Waals surface area contributed by atoms with Gasteiger partial charge in [-0.25, -0.2) is 9.78 Å². The summed E-state index contributed by atoms with van der Waals surface area (Å²) in [7, 11) is 0. The third-order valence-corrected chi connectivity index (χ3v) is 6.06. The lowest BCUT2D eigenvalue weighted by atomic mass is 9.92. The molecule has 5 nitrogen and oxygen atoms in total. The molecule has 32 heavy (non-hydrogen) atoms. The number of thiazole rings is 1. The monoisotopic (exact) mass is 489 g/mol. The molecule has 0 bridgehead atoms. The van der Waals surface area contributed by atoms with Gasteiger partial charge in [-0.15, -0.1) is 36.2 Å². The second-order valence-corrected chi connectivity index (χ2v) is 8.17. The van der Waals surface area contributed by atoms with Crippen molar-refractivity contribution < 1.29 is 9.90 Å². The third kappa shape index (κ3) is 4.94. The molecular formula is C24H25Cl2N3O2S. The summed E-state index contributed by atoms with van der Waals surface area (Å²) >= 11 is 1.33. The summed E-state index contributed by atoms with van der Waals surface area (Å²) < 4.78 is 0. The highest BCUT2D eigenvalue weighted by molar-refractivity contribution is 7.13. The smallest absolute Gasteiger partial charge is 0.355 e.